The summed E-state index contributed by atoms with van der Waals surface area (Å²) in [5.74, 6) is -1.41. The molecular formula is C8H5F2NS. The fraction of sp³-hybridized carbons (Fsp3) is 0.125. The molecule has 0 aliphatic heterocycles. The van der Waals surface area contributed by atoms with E-state index in [1.54, 1.807) is 0 Å². The van der Waals surface area contributed by atoms with Gasteiger partial charge < -0.3 is 0 Å². The minimum absolute atomic E-state index is 0.334. The van der Waals surface area contributed by atoms with E-state index >= 15 is 0 Å². The first-order valence-corrected chi connectivity index (χ1v) is 3.60. The number of isothiocyanates is 1. The quantitative estimate of drug-likeness (QED) is 0.484. The van der Waals surface area contributed by atoms with E-state index in [4.69, 9.17) is 0 Å². The number of nitrogens with zero attached hydrogens (tertiary/aromatic N) is 1. The Kier molecular flexibility index (Phi) is 2.63. The molecule has 0 N–H and O–H groups in total. The summed E-state index contributed by atoms with van der Waals surface area (Å²) in [6, 6.07) is 2.48. The molecule has 62 valence electrons. The fourth-order valence-electron chi connectivity index (χ4n) is 0.790. The van der Waals surface area contributed by atoms with E-state index in [2.05, 4.69) is 17.2 Å². The predicted molar refractivity (Wildman–Crippen MR) is 45.8 cm³/mol. The van der Waals surface area contributed by atoms with Crippen molar-refractivity contribution < 1.29 is 8.78 Å². The van der Waals surface area contributed by atoms with Gasteiger partial charge in [0.25, 0.3) is 0 Å². The molecule has 0 heterocycles. The molecule has 0 radical (unpaired) electrons. The molecule has 0 aliphatic rings. The van der Waals surface area contributed by atoms with E-state index in [1.165, 1.54) is 13.0 Å². The van der Waals surface area contributed by atoms with Crippen LogP contribution in [0, 0.1) is 18.6 Å². The van der Waals surface area contributed by atoms with E-state index in [0.717, 1.165) is 6.07 Å². The number of benzene rings is 1. The average molecular weight is 185 g/mol. The zero-order chi connectivity index (χ0) is 9.14. The van der Waals surface area contributed by atoms with Gasteiger partial charge in [-0.2, -0.15) is 4.99 Å². The Morgan fingerprint density at radius 2 is 2.08 bits per heavy atom. The zero-order valence-corrected chi connectivity index (χ0v) is 7.08. The van der Waals surface area contributed by atoms with Crippen LogP contribution in [0.5, 0.6) is 0 Å². The summed E-state index contributed by atoms with van der Waals surface area (Å²) >= 11 is 4.25. The van der Waals surface area contributed by atoms with Gasteiger partial charge in [0.15, 0.2) is 11.6 Å². The first-order chi connectivity index (χ1) is 5.66. The second-order valence-electron chi connectivity index (χ2n) is 2.23. The van der Waals surface area contributed by atoms with Crippen LogP contribution in [0.3, 0.4) is 0 Å². The summed E-state index contributed by atoms with van der Waals surface area (Å²) in [5, 5.41) is 1.92. The van der Waals surface area contributed by atoms with Crippen LogP contribution in [0.1, 0.15) is 5.56 Å². The Bertz CT molecular complexity index is 356. The van der Waals surface area contributed by atoms with Crippen LogP contribution in [0.15, 0.2) is 17.1 Å². The molecule has 0 fully saturated rings. The normalized spacial score (nSPS) is 9.25. The Morgan fingerprint density at radius 1 is 1.42 bits per heavy atom. The maximum absolute atomic E-state index is 13.0. The molecule has 1 aromatic carbocycles. The molecule has 0 saturated carbocycles. The van der Waals surface area contributed by atoms with Crippen LogP contribution in [0.4, 0.5) is 14.5 Å². The molecule has 0 aromatic heterocycles. The van der Waals surface area contributed by atoms with Crippen molar-refractivity contribution in [3.63, 3.8) is 0 Å². The van der Waals surface area contributed by atoms with Crippen LogP contribution >= 0.6 is 12.2 Å². The molecule has 4 heteroatoms. The van der Waals surface area contributed by atoms with E-state index in [0.29, 0.717) is 5.56 Å². The smallest absolute Gasteiger partial charge is 0.155 e. The molecule has 0 atom stereocenters. The minimum Gasteiger partial charge on any atom is -0.204 e. The van der Waals surface area contributed by atoms with Crippen molar-refractivity contribution in [2.75, 3.05) is 0 Å². The monoisotopic (exact) mass is 185 g/mol. The van der Waals surface area contributed by atoms with Crippen molar-refractivity contribution in [1.29, 1.82) is 0 Å². The molecular weight excluding hydrogens is 180 g/mol. The number of halogens is 2. The highest BCUT2D eigenvalue weighted by molar-refractivity contribution is 7.78. The van der Waals surface area contributed by atoms with E-state index in [9.17, 15) is 8.78 Å². The molecule has 0 bridgehead atoms. The lowest BCUT2D eigenvalue weighted by molar-refractivity contribution is 0.582. The lowest BCUT2D eigenvalue weighted by Gasteiger charge is -1.99. The highest BCUT2D eigenvalue weighted by Crippen LogP contribution is 2.23. The zero-order valence-electron chi connectivity index (χ0n) is 6.27. The Balaban J connectivity index is 3.42. The first-order valence-electron chi connectivity index (χ1n) is 3.19. The van der Waals surface area contributed by atoms with Gasteiger partial charge in [0, 0.05) is 0 Å². The molecule has 1 nitrogen and oxygen atoms in total. The summed E-state index contributed by atoms with van der Waals surface area (Å²) in [7, 11) is 0. The van der Waals surface area contributed by atoms with Gasteiger partial charge in [0.05, 0.1) is 5.16 Å². The lowest BCUT2D eigenvalue weighted by atomic mass is 10.2. The lowest BCUT2D eigenvalue weighted by Crippen LogP contribution is -1.86. The Labute approximate surface area is 73.7 Å². The molecule has 1 rings (SSSR count). The van der Waals surface area contributed by atoms with Gasteiger partial charge in [-0.3, -0.25) is 0 Å². The summed E-state index contributed by atoms with van der Waals surface area (Å²) in [5.41, 5.74) is -0.0367. The van der Waals surface area contributed by atoms with E-state index < -0.39 is 11.6 Å². The summed E-state index contributed by atoms with van der Waals surface area (Å²) in [6.07, 6.45) is 0. The third-order valence-corrected chi connectivity index (χ3v) is 1.51. The van der Waals surface area contributed by atoms with E-state index in [1.807, 2.05) is 5.16 Å². The molecule has 0 saturated heterocycles. The highest BCUT2D eigenvalue weighted by Gasteiger charge is 2.09. The van der Waals surface area contributed by atoms with Crippen LogP contribution in [-0.4, -0.2) is 5.16 Å². The van der Waals surface area contributed by atoms with Crippen LogP contribution < -0.4 is 0 Å². The van der Waals surface area contributed by atoms with Gasteiger partial charge in [-0.1, -0.05) is 6.07 Å². The number of aliphatic imine (C=N–C) groups is 1. The fourth-order valence-corrected chi connectivity index (χ4v) is 0.881. The van der Waals surface area contributed by atoms with Gasteiger partial charge in [0.2, 0.25) is 0 Å². The van der Waals surface area contributed by atoms with Crippen molar-refractivity contribution >= 4 is 23.1 Å². The largest absolute Gasteiger partial charge is 0.204 e. The van der Waals surface area contributed by atoms with Crippen molar-refractivity contribution in [3.8, 4) is 0 Å². The minimum atomic E-state index is -0.726. The highest BCUT2D eigenvalue weighted by atomic mass is 32.1. The topological polar surface area (TPSA) is 12.4 Å². The molecule has 12 heavy (non-hydrogen) atoms. The summed E-state index contributed by atoms with van der Waals surface area (Å²) in [6.45, 7) is 1.52. The third kappa shape index (κ3) is 1.55. The molecule has 0 aliphatic carbocycles. The molecule has 1 aromatic rings. The van der Waals surface area contributed by atoms with Crippen LogP contribution in [0.25, 0.3) is 0 Å². The van der Waals surface area contributed by atoms with Crippen molar-refractivity contribution in [2.45, 2.75) is 6.92 Å². The van der Waals surface area contributed by atoms with Gasteiger partial charge in [-0.05, 0) is 30.8 Å². The second-order valence-corrected chi connectivity index (χ2v) is 2.41. The van der Waals surface area contributed by atoms with Gasteiger partial charge in [-0.25, -0.2) is 8.78 Å². The SMILES string of the molecule is Cc1ccc(F)c(N=C=S)c1F. The standard InChI is InChI=1S/C8H5F2NS/c1-5-2-3-6(9)8(7(5)10)11-4-12/h2-3H,1H3. The molecule has 0 unspecified atom stereocenters. The summed E-state index contributed by atoms with van der Waals surface area (Å²) in [4.78, 5) is 3.28. The van der Waals surface area contributed by atoms with E-state index in [-0.39, 0.29) is 5.69 Å². The Hall–Kier alpha value is -1.12. The third-order valence-electron chi connectivity index (χ3n) is 1.42. The maximum atomic E-state index is 13.0. The number of aryl methyl sites for hydroxylation is 1. The van der Waals surface area contributed by atoms with Crippen LogP contribution in [-0.2, 0) is 0 Å². The van der Waals surface area contributed by atoms with Gasteiger partial charge in [-0.15, -0.1) is 0 Å². The van der Waals surface area contributed by atoms with Crippen molar-refractivity contribution in [3.05, 3.63) is 29.3 Å². The number of hydrogen-bond donors (Lipinski definition) is 0. The summed E-state index contributed by atoms with van der Waals surface area (Å²) < 4.78 is 25.8. The average Bonchev–Trinajstić information content (AvgIpc) is 2.06. The van der Waals surface area contributed by atoms with Gasteiger partial charge >= 0.3 is 0 Å². The van der Waals surface area contributed by atoms with Crippen molar-refractivity contribution in [1.82, 2.24) is 0 Å². The number of rotatable bonds is 1. The molecule has 0 spiro atoms. The van der Waals surface area contributed by atoms with Gasteiger partial charge in [0.1, 0.15) is 5.69 Å². The molecule has 0 amide bonds. The van der Waals surface area contributed by atoms with Crippen molar-refractivity contribution in [2.24, 2.45) is 4.99 Å². The first kappa shape index (κ1) is 8.97. The maximum Gasteiger partial charge on any atom is 0.155 e. The number of thiocarbonyl (C=S) groups is 1. The number of hydrogen-bond acceptors (Lipinski definition) is 2. The van der Waals surface area contributed by atoms with Crippen LogP contribution in [0.2, 0.25) is 0 Å². The Morgan fingerprint density at radius 3 is 2.67 bits per heavy atom. The second kappa shape index (κ2) is 3.52. The predicted octanol–water partition coefficient (Wildman–Crippen LogP) is 3.01.